The number of alkyl halides is 1. The van der Waals surface area contributed by atoms with E-state index in [1.807, 2.05) is 12.1 Å². The van der Waals surface area contributed by atoms with Crippen LogP contribution in [0, 0.1) is 0 Å². The van der Waals surface area contributed by atoms with E-state index < -0.39 is 10.0 Å². The summed E-state index contributed by atoms with van der Waals surface area (Å²) in [6, 6.07) is 10.8. The normalized spacial score (nSPS) is 11.3. The number of nitrogens with one attached hydrogen (secondary N) is 1. The lowest BCUT2D eigenvalue weighted by molar-refractivity contribution is -0.119. The lowest BCUT2D eigenvalue weighted by atomic mass is 10.0. The second-order valence-corrected chi connectivity index (χ2v) is 9.48. The number of sulfonamides is 1. The Kier molecular flexibility index (Phi) is 9.71. The molecule has 0 unspecified atom stereocenters. The van der Waals surface area contributed by atoms with Gasteiger partial charge in [0.25, 0.3) is 0 Å². The van der Waals surface area contributed by atoms with Gasteiger partial charge in [-0.1, -0.05) is 41.4 Å². The molecule has 10 heteroatoms. The smallest absolute Gasteiger partial charge is 0.209 e. The van der Waals surface area contributed by atoms with E-state index in [0.717, 1.165) is 17.4 Å². The molecule has 0 aliphatic carbocycles. The average Bonchev–Trinajstić information content (AvgIpc) is 2.69. The quantitative estimate of drug-likeness (QED) is 0.355. The Morgan fingerprint density at radius 3 is 2.60 bits per heavy atom. The molecule has 0 heterocycles. The van der Waals surface area contributed by atoms with E-state index in [1.165, 1.54) is 0 Å². The van der Waals surface area contributed by atoms with Crippen molar-refractivity contribution >= 4 is 50.6 Å². The maximum absolute atomic E-state index is 11.8. The van der Waals surface area contributed by atoms with Crippen molar-refractivity contribution in [2.45, 2.75) is 12.8 Å². The van der Waals surface area contributed by atoms with Gasteiger partial charge in [-0.2, -0.15) is 0 Å². The molecule has 0 aromatic heterocycles. The molecular weight excluding hydrogens is 473 g/mol. The molecule has 0 fully saturated rings. The van der Waals surface area contributed by atoms with Crippen molar-refractivity contribution in [3.8, 4) is 11.5 Å². The summed E-state index contributed by atoms with van der Waals surface area (Å²) >= 11 is 18.4. The summed E-state index contributed by atoms with van der Waals surface area (Å²) in [6.45, 7) is -0.143. The van der Waals surface area contributed by atoms with Crippen molar-refractivity contribution in [2.24, 2.45) is 0 Å². The molecule has 0 aliphatic rings. The SMILES string of the molecule is CS(=O)(=O)NCC(=O)COc1cccc(Cc2ccc(Cl)c(OCCCCl)c2Cl)c1. The van der Waals surface area contributed by atoms with Crippen LogP contribution in [0.3, 0.4) is 0 Å². The molecule has 1 N–H and O–H groups in total. The zero-order chi connectivity index (χ0) is 22.1. The molecule has 2 aromatic carbocycles. The van der Waals surface area contributed by atoms with Crippen molar-refractivity contribution in [1.29, 1.82) is 0 Å². The predicted molar refractivity (Wildman–Crippen MR) is 120 cm³/mol. The van der Waals surface area contributed by atoms with Crippen molar-refractivity contribution in [3.05, 3.63) is 57.6 Å². The highest BCUT2D eigenvalue weighted by Gasteiger charge is 2.13. The zero-order valence-electron chi connectivity index (χ0n) is 16.3. The third-order valence-corrected chi connectivity index (χ3v) is 5.53. The summed E-state index contributed by atoms with van der Waals surface area (Å²) < 4.78 is 35.3. The standard InChI is InChI=1S/C20H22Cl3NO5S/c1-30(26,27)24-12-16(25)13-29-17-5-2-4-14(11-17)10-15-6-7-18(22)20(19(15)23)28-9-3-8-21/h2,4-7,11,24H,3,8-10,12-13H2,1H3. The number of Topliss-reactive ketones (excluding diaryl/α,β-unsaturated/α-hetero) is 1. The Labute approximate surface area is 191 Å². The summed E-state index contributed by atoms with van der Waals surface area (Å²) in [6.07, 6.45) is 2.17. The minimum Gasteiger partial charge on any atom is -0.490 e. The van der Waals surface area contributed by atoms with Gasteiger partial charge in [-0.25, -0.2) is 13.1 Å². The van der Waals surface area contributed by atoms with Crippen LogP contribution in [0.4, 0.5) is 0 Å². The van der Waals surface area contributed by atoms with Crippen LogP contribution in [0.15, 0.2) is 36.4 Å². The Balaban J connectivity index is 2.03. The van der Waals surface area contributed by atoms with E-state index in [1.54, 1.807) is 24.3 Å². The average molecular weight is 495 g/mol. The number of carbonyl (C=O) groups excluding carboxylic acids is 1. The van der Waals surface area contributed by atoms with Crippen LogP contribution in [0.25, 0.3) is 0 Å². The van der Waals surface area contributed by atoms with Crippen molar-refractivity contribution in [1.82, 2.24) is 4.72 Å². The minimum absolute atomic E-state index is 0.244. The second-order valence-electron chi connectivity index (χ2n) is 6.49. The molecule has 164 valence electrons. The molecule has 0 atom stereocenters. The van der Waals surface area contributed by atoms with Gasteiger partial charge in [0.2, 0.25) is 10.0 Å². The Morgan fingerprint density at radius 2 is 1.90 bits per heavy atom. The first kappa shape index (κ1) is 24.8. The number of carbonyl (C=O) groups is 1. The summed E-state index contributed by atoms with van der Waals surface area (Å²) in [4.78, 5) is 11.8. The van der Waals surface area contributed by atoms with Crippen LogP contribution in [0.2, 0.25) is 10.0 Å². The minimum atomic E-state index is -3.43. The van der Waals surface area contributed by atoms with Crippen LogP contribution in [0.5, 0.6) is 11.5 Å². The lowest BCUT2D eigenvalue weighted by Crippen LogP contribution is -2.31. The van der Waals surface area contributed by atoms with Crippen LogP contribution in [-0.2, 0) is 21.2 Å². The zero-order valence-corrected chi connectivity index (χ0v) is 19.4. The van der Waals surface area contributed by atoms with E-state index in [2.05, 4.69) is 4.72 Å². The van der Waals surface area contributed by atoms with E-state index in [0.29, 0.717) is 46.9 Å². The van der Waals surface area contributed by atoms with Crippen LogP contribution >= 0.6 is 34.8 Å². The molecular formula is C20H22Cl3NO5S. The summed E-state index contributed by atoms with van der Waals surface area (Å²) in [5.41, 5.74) is 1.73. The van der Waals surface area contributed by atoms with Crippen molar-refractivity contribution < 1.29 is 22.7 Å². The van der Waals surface area contributed by atoms with Gasteiger partial charge in [0.05, 0.1) is 29.5 Å². The van der Waals surface area contributed by atoms with Gasteiger partial charge < -0.3 is 9.47 Å². The van der Waals surface area contributed by atoms with Gasteiger partial charge in [0.15, 0.2) is 11.5 Å². The van der Waals surface area contributed by atoms with Gasteiger partial charge in [0, 0.05) is 5.88 Å². The number of halogens is 3. The van der Waals surface area contributed by atoms with Crippen LogP contribution in [0.1, 0.15) is 17.5 Å². The Morgan fingerprint density at radius 1 is 1.13 bits per heavy atom. The van der Waals surface area contributed by atoms with E-state index in [-0.39, 0.29) is 18.9 Å². The van der Waals surface area contributed by atoms with Crippen LogP contribution < -0.4 is 14.2 Å². The number of ketones is 1. The van der Waals surface area contributed by atoms with Crippen molar-refractivity contribution in [3.63, 3.8) is 0 Å². The molecule has 6 nitrogen and oxygen atoms in total. The Hall–Kier alpha value is -1.51. The third-order valence-electron chi connectivity index (χ3n) is 3.88. The highest BCUT2D eigenvalue weighted by molar-refractivity contribution is 7.88. The molecule has 0 saturated carbocycles. The molecule has 30 heavy (non-hydrogen) atoms. The summed E-state index contributed by atoms with van der Waals surface area (Å²) in [5.74, 6) is 1.01. The summed E-state index contributed by atoms with van der Waals surface area (Å²) in [7, 11) is -3.43. The third kappa shape index (κ3) is 8.32. The lowest BCUT2D eigenvalue weighted by Gasteiger charge is -2.13. The first-order valence-corrected chi connectivity index (χ1v) is 12.2. The molecule has 0 spiro atoms. The van der Waals surface area contributed by atoms with Gasteiger partial charge >= 0.3 is 0 Å². The summed E-state index contributed by atoms with van der Waals surface area (Å²) in [5, 5.41) is 0.863. The molecule has 0 aliphatic heterocycles. The fourth-order valence-electron chi connectivity index (χ4n) is 2.46. The molecule has 2 rings (SSSR count). The molecule has 0 saturated heterocycles. The van der Waals surface area contributed by atoms with E-state index in [9.17, 15) is 13.2 Å². The number of ether oxygens (including phenoxy) is 2. The van der Waals surface area contributed by atoms with Gasteiger partial charge in [-0.3, -0.25) is 4.79 Å². The molecule has 0 amide bonds. The van der Waals surface area contributed by atoms with E-state index in [4.69, 9.17) is 44.3 Å². The Bertz CT molecular complexity index is 982. The number of hydrogen-bond acceptors (Lipinski definition) is 5. The monoisotopic (exact) mass is 493 g/mol. The van der Waals surface area contributed by atoms with Crippen molar-refractivity contribution in [2.75, 3.05) is 31.9 Å². The first-order chi connectivity index (χ1) is 14.2. The number of benzene rings is 2. The highest BCUT2D eigenvalue weighted by Crippen LogP contribution is 2.36. The fourth-order valence-corrected chi connectivity index (χ4v) is 3.54. The molecule has 0 bridgehead atoms. The van der Waals surface area contributed by atoms with E-state index >= 15 is 0 Å². The first-order valence-electron chi connectivity index (χ1n) is 9.03. The largest absolute Gasteiger partial charge is 0.490 e. The predicted octanol–water partition coefficient (Wildman–Crippen LogP) is 4.09. The maximum Gasteiger partial charge on any atom is 0.209 e. The number of rotatable bonds is 12. The van der Waals surface area contributed by atoms with Gasteiger partial charge in [-0.15, -0.1) is 11.6 Å². The fraction of sp³-hybridized carbons (Fsp3) is 0.350. The maximum atomic E-state index is 11.8. The highest BCUT2D eigenvalue weighted by atomic mass is 35.5. The van der Waals surface area contributed by atoms with Crippen LogP contribution in [-0.4, -0.2) is 46.1 Å². The van der Waals surface area contributed by atoms with Gasteiger partial charge in [-0.05, 0) is 42.2 Å². The molecule has 2 aromatic rings. The topological polar surface area (TPSA) is 81.7 Å². The molecule has 0 radical (unpaired) electrons. The van der Waals surface area contributed by atoms with Gasteiger partial charge in [0.1, 0.15) is 12.4 Å². The number of hydrogen-bond donors (Lipinski definition) is 1. The second kappa shape index (κ2) is 11.8.